The number of hydrogen-bond acceptors (Lipinski definition) is 11. The van der Waals surface area contributed by atoms with Crippen LogP contribution in [0.2, 0.25) is 0 Å². The third kappa shape index (κ3) is 42.7. The zero-order chi connectivity index (χ0) is 56.1. The summed E-state index contributed by atoms with van der Waals surface area (Å²) in [5.74, 6) is -3.14. The quantitative estimate of drug-likeness (QED) is 0.0228. The lowest BCUT2D eigenvalue weighted by atomic mass is 9.98. The molecule has 1 aliphatic rings. The molecular weight excluding hydrogens is 973 g/mol. The Bertz CT molecular complexity index is 1620. The maximum absolute atomic E-state index is 13.2. The average molecular weight is 1080 g/mol. The first kappa shape index (κ1) is 71.2. The average Bonchev–Trinajstić information content (AvgIpc) is 3.43. The predicted molar refractivity (Wildman–Crippen MR) is 312 cm³/mol. The Labute approximate surface area is 468 Å². The van der Waals surface area contributed by atoms with Crippen LogP contribution in [0.1, 0.15) is 265 Å². The highest BCUT2D eigenvalue weighted by Gasteiger charge is 2.50. The Balaban J connectivity index is 2.68. The normalized spacial score (nSPS) is 18.5. The van der Waals surface area contributed by atoms with E-state index in [-0.39, 0.29) is 25.9 Å². The number of hydrogen-bond donors (Lipinski definition) is 3. The molecule has 12 heteroatoms. The van der Waals surface area contributed by atoms with Gasteiger partial charge in [-0.3, -0.25) is 14.4 Å². The van der Waals surface area contributed by atoms with Gasteiger partial charge in [0, 0.05) is 19.3 Å². The Morgan fingerprint density at radius 2 is 0.818 bits per heavy atom. The number of carboxylic acids is 1. The second-order valence-electron chi connectivity index (χ2n) is 20.9. The van der Waals surface area contributed by atoms with Crippen molar-refractivity contribution in [3.63, 3.8) is 0 Å². The molecule has 3 N–H and O–H groups in total. The first-order valence-electron chi connectivity index (χ1n) is 30.9. The molecule has 6 unspecified atom stereocenters. The van der Waals surface area contributed by atoms with Crippen LogP contribution in [0.15, 0.2) is 72.9 Å². The van der Waals surface area contributed by atoms with E-state index in [1.54, 1.807) is 0 Å². The standard InChI is InChI=1S/C65H110O12/c1-4-7-10-13-16-19-22-25-28-29-32-35-38-41-44-47-50-53-59(68)76-63-61(70)60(69)62(64(71)72)77-65(63)74-55-56(75-58(67)52-49-46-43-40-37-34-31-27-24-21-18-15-12-9-6-3)54-73-57(66)51-48-45-42-39-36-33-30-26-23-20-17-14-11-8-5-2/h7-8,10-11,16-17,19-20,25-26,28,30,56,60-63,65,69-70H,4-6,9,12-15,18,21-24,27,29,31-55H2,1-3H3,(H,71,72)/b10-7-,11-8-,19-16-,20-17-,28-25-,30-26-. The van der Waals surface area contributed by atoms with Gasteiger partial charge in [0.1, 0.15) is 18.8 Å². The molecule has 0 aromatic carbocycles. The van der Waals surface area contributed by atoms with Gasteiger partial charge in [0.15, 0.2) is 24.6 Å². The Hall–Kier alpha value is -3.84. The summed E-state index contributed by atoms with van der Waals surface area (Å²) in [6, 6.07) is 0. The number of esters is 3. The molecule has 442 valence electrons. The summed E-state index contributed by atoms with van der Waals surface area (Å²) in [7, 11) is 0. The van der Waals surface area contributed by atoms with E-state index in [2.05, 4.69) is 93.7 Å². The lowest BCUT2D eigenvalue weighted by Gasteiger charge is -2.40. The molecule has 0 spiro atoms. The van der Waals surface area contributed by atoms with Gasteiger partial charge in [-0.15, -0.1) is 0 Å². The van der Waals surface area contributed by atoms with Crippen LogP contribution in [0.3, 0.4) is 0 Å². The van der Waals surface area contributed by atoms with Crippen molar-refractivity contribution in [3.8, 4) is 0 Å². The maximum Gasteiger partial charge on any atom is 0.335 e. The monoisotopic (exact) mass is 1080 g/mol. The SMILES string of the molecule is CC/C=C\C/C=C\C/C=C\CCCCCCCCCC(=O)OC1C(OCC(COC(=O)CCCCCCC/C=C\C/C=C\C/C=C\CC)OC(=O)CCCCCCCCCCCCCCCCC)OC(C(=O)O)C(O)C1O. The molecule has 0 aliphatic carbocycles. The summed E-state index contributed by atoms with van der Waals surface area (Å²) in [6.45, 7) is 5.77. The Kier molecular flexibility index (Phi) is 48.8. The summed E-state index contributed by atoms with van der Waals surface area (Å²) in [5, 5.41) is 31.5. The van der Waals surface area contributed by atoms with Gasteiger partial charge < -0.3 is 39.0 Å². The molecule has 6 atom stereocenters. The minimum Gasteiger partial charge on any atom is -0.479 e. The van der Waals surface area contributed by atoms with Gasteiger partial charge >= 0.3 is 23.9 Å². The molecule has 1 rings (SSSR count). The van der Waals surface area contributed by atoms with E-state index in [0.29, 0.717) is 19.3 Å². The summed E-state index contributed by atoms with van der Waals surface area (Å²) in [4.78, 5) is 51.2. The molecular formula is C65H110O12. The van der Waals surface area contributed by atoms with E-state index in [1.807, 2.05) is 0 Å². The van der Waals surface area contributed by atoms with E-state index < -0.39 is 67.3 Å². The molecule has 0 bridgehead atoms. The summed E-state index contributed by atoms with van der Waals surface area (Å²) in [5.41, 5.74) is 0. The molecule has 0 radical (unpaired) electrons. The molecule has 1 heterocycles. The van der Waals surface area contributed by atoms with Crippen LogP contribution in [0.25, 0.3) is 0 Å². The summed E-state index contributed by atoms with van der Waals surface area (Å²) >= 11 is 0. The fourth-order valence-electron chi connectivity index (χ4n) is 9.10. The molecule has 0 amide bonds. The molecule has 0 aromatic rings. The highest BCUT2D eigenvalue weighted by atomic mass is 16.7. The number of ether oxygens (including phenoxy) is 5. The highest BCUT2D eigenvalue weighted by molar-refractivity contribution is 5.74. The number of unbranched alkanes of at least 4 members (excludes halogenated alkanes) is 26. The first-order chi connectivity index (χ1) is 37.6. The molecule has 0 saturated carbocycles. The number of rotatable bonds is 52. The van der Waals surface area contributed by atoms with Gasteiger partial charge in [-0.05, 0) is 83.5 Å². The Morgan fingerprint density at radius 3 is 1.25 bits per heavy atom. The smallest absolute Gasteiger partial charge is 0.335 e. The third-order valence-electron chi connectivity index (χ3n) is 13.8. The van der Waals surface area contributed by atoms with Gasteiger partial charge in [-0.1, -0.05) is 235 Å². The van der Waals surface area contributed by atoms with Gasteiger partial charge in [0.05, 0.1) is 6.61 Å². The molecule has 1 aliphatic heterocycles. The fraction of sp³-hybridized carbons (Fsp3) is 0.754. The van der Waals surface area contributed by atoms with Gasteiger partial charge in [-0.2, -0.15) is 0 Å². The van der Waals surface area contributed by atoms with Crippen molar-refractivity contribution in [1.29, 1.82) is 0 Å². The van der Waals surface area contributed by atoms with Crippen LogP contribution in [0, 0.1) is 0 Å². The van der Waals surface area contributed by atoms with Crippen molar-refractivity contribution >= 4 is 23.9 Å². The van der Waals surface area contributed by atoms with E-state index in [1.165, 1.54) is 70.6 Å². The topological polar surface area (TPSA) is 175 Å². The number of aliphatic carboxylic acids is 1. The van der Waals surface area contributed by atoms with Gasteiger partial charge in [0.25, 0.3) is 0 Å². The summed E-state index contributed by atoms with van der Waals surface area (Å²) < 4.78 is 28.5. The van der Waals surface area contributed by atoms with Crippen LogP contribution in [-0.2, 0) is 42.9 Å². The van der Waals surface area contributed by atoms with Crippen LogP contribution < -0.4 is 0 Å². The minimum atomic E-state index is -1.91. The van der Waals surface area contributed by atoms with E-state index >= 15 is 0 Å². The number of carbonyl (C=O) groups excluding carboxylic acids is 3. The second-order valence-corrected chi connectivity index (χ2v) is 20.9. The number of aliphatic hydroxyl groups excluding tert-OH is 2. The van der Waals surface area contributed by atoms with E-state index in [0.717, 1.165) is 135 Å². The fourth-order valence-corrected chi connectivity index (χ4v) is 9.10. The van der Waals surface area contributed by atoms with Crippen molar-refractivity contribution in [1.82, 2.24) is 0 Å². The van der Waals surface area contributed by atoms with Crippen LogP contribution >= 0.6 is 0 Å². The number of aliphatic hydroxyl groups is 2. The zero-order valence-electron chi connectivity index (χ0n) is 48.7. The van der Waals surface area contributed by atoms with Crippen LogP contribution in [0.4, 0.5) is 0 Å². The predicted octanol–water partition coefficient (Wildman–Crippen LogP) is 16.1. The molecule has 77 heavy (non-hydrogen) atoms. The van der Waals surface area contributed by atoms with Crippen molar-refractivity contribution < 1.29 is 58.2 Å². The van der Waals surface area contributed by atoms with Crippen molar-refractivity contribution in [2.24, 2.45) is 0 Å². The Morgan fingerprint density at radius 1 is 0.442 bits per heavy atom. The number of carbonyl (C=O) groups is 4. The molecule has 12 nitrogen and oxygen atoms in total. The van der Waals surface area contributed by atoms with Crippen molar-refractivity contribution in [3.05, 3.63) is 72.9 Å². The first-order valence-corrected chi connectivity index (χ1v) is 30.9. The van der Waals surface area contributed by atoms with E-state index in [9.17, 15) is 34.5 Å². The summed E-state index contributed by atoms with van der Waals surface area (Å²) in [6.07, 6.45) is 54.3. The lowest BCUT2D eigenvalue weighted by Crippen LogP contribution is -2.61. The van der Waals surface area contributed by atoms with Crippen LogP contribution in [0.5, 0.6) is 0 Å². The van der Waals surface area contributed by atoms with Gasteiger partial charge in [-0.25, -0.2) is 4.79 Å². The molecule has 1 saturated heterocycles. The minimum absolute atomic E-state index is 0.0468. The van der Waals surface area contributed by atoms with E-state index in [4.69, 9.17) is 23.7 Å². The molecule has 0 aromatic heterocycles. The van der Waals surface area contributed by atoms with Crippen molar-refractivity contribution in [2.75, 3.05) is 13.2 Å². The largest absolute Gasteiger partial charge is 0.479 e. The second kappa shape index (κ2) is 52.8. The highest BCUT2D eigenvalue weighted by Crippen LogP contribution is 2.26. The third-order valence-corrected chi connectivity index (χ3v) is 13.8. The maximum atomic E-state index is 13.2. The molecule has 1 fully saturated rings. The van der Waals surface area contributed by atoms with Crippen molar-refractivity contribution in [2.45, 2.75) is 302 Å². The number of allylic oxidation sites excluding steroid dienone is 12. The lowest BCUT2D eigenvalue weighted by molar-refractivity contribution is -0.301. The number of carboxylic acid groups (broad SMARTS) is 1. The van der Waals surface area contributed by atoms with Gasteiger partial charge in [0.2, 0.25) is 0 Å². The zero-order valence-corrected chi connectivity index (χ0v) is 48.7. The van der Waals surface area contributed by atoms with Crippen LogP contribution in [-0.4, -0.2) is 89.2 Å².